The van der Waals surface area contributed by atoms with Crippen LogP contribution in [0.3, 0.4) is 0 Å². The molecule has 1 aromatic carbocycles. The standard InChI is InChI=1S/C18H16Cl2N4O3S2/c19-11-3-5-14(13(20)10-11)21-15(25)7-8-17(27)23-24-18(28)22-16(26)6-4-12-2-1-9-29-12/h1-6,9-10H,7-8H2,(H,21,25)(H,23,27)(H2,22,24,26,28). The van der Waals surface area contributed by atoms with E-state index in [2.05, 4.69) is 21.5 Å². The van der Waals surface area contributed by atoms with Crippen LogP contribution in [0, 0.1) is 0 Å². The topological polar surface area (TPSA) is 99.3 Å². The van der Waals surface area contributed by atoms with Crippen LogP contribution in [0.5, 0.6) is 0 Å². The lowest BCUT2D eigenvalue weighted by Crippen LogP contribution is -2.48. The average Bonchev–Trinajstić information content (AvgIpc) is 3.19. The van der Waals surface area contributed by atoms with Gasteiger partial charge in [-0.1, -0.05) is 29.3 Å². The second-order valence-corrected chi connectivity index (χ2v) is 7.74. The summed E-state index contributed by atoms with van der Waals surface area (Å²) in [7, 11) is 0. The number of hydrogen-bond acceptors (Lipinski definition) is 5. The van der Waals surface area contributed by atoms with Crippen molar-refractivity contribution >= 4 is 81.4 Å². The first kappa shape index (κ1) is 22.8. The SMILES string of the molecule is O=C(C=Cc1cccs1)NC(=S)NNC(=O)CCC(=O)Nc1ccc(Cl)cc1Cl. The van der Waals surface area contributed by atoms with Crippen LogP contribution in [-0.2, 0) is 14.4 Å². The molecule has 0 unspecified atom stereocenters. The van der Waals surface area contributed by atoms with E-state index >= 15 is 0 Å². The number of carbonyl (C=O) groups excluding carboxylic acids is 3. The van der Waals surface area contributed by atoms with Crippen molar-refractivity contribution in [3.05, 3.63) is 56.7 Å². The summed E-state index contributed by atoms with van der Waals surface area (Å²) in [6.07, 6.45) is 2.80. The highest BCUT2D eigenvalue weighted by Gasteiger charge is 2.10. The Kier molecular flexibility index (Phi) is 9.07. The maximum atomic E-state index is 11.9. The fourth-order valence-electron chi connectivity index (χ4n) is 1.95. The zero-order valence-corrected chi connectivity index (χ0v) is 18.0. The lowest BCUT2D eigenvalue weighted by molar-refractivity contribution is -0.124. The molecule has 0 saturated heterocycles. The first-order chi connectivity index (χ1) is 13.8. The van der Waals surface area contributed by atoms with E-state index in [0.29, 0.717) is 15.7 Å². The molecule has 0 aliphatic heterocycles. The van der Waals surface area contributed by atoms with Gasteiger partial charge in [-0.3, -0.25) is 30.6 Å². The molecule has 29 heavy (non-hydrogen) atoms. The average molecular weight is 471 g/mol. The third-order valence-corrected chi connectivity index (χ3v) is 4.87. The fourth-order valence-corrected chi connectivity index (χ4v) is 3.17. The van der Waals surface area contributed by atoms with Gasteiger partial charge >= 0.3 is 0 Å². The molecule has 1 aromatic heterocycles. The Balaban J connectivity index is 1.66. The highest BCUT2D eigenvalue weighted by Crippen LogP contribution is 2.25. The van der Waals surface area contributed by atoms with E-state index in [9.17, 15) is 14.4 Å². The fraction of sp³-hybridized carbons (Fsp3) is 0.111. The van der Waals surface area contributed by atoms with Gasteiger partial charge in [-0.25, -0.2) is 0 Å². The minimum Gasteiger partial charge on any atom is -0.325 e. The number of halogens is 2. The Morgan fingerprint density at radius 3 is 2.52 bits per heavy atom. The number of rotatable bonds is 6. The zero-order valence-electron chi connectivity index (χ0n) is 14.8. The van der Waals surface area contributed by atoms with Crippen molar-refractivity contribution < 1.29 is 14.4 Å². The highest BCUT2D eigenvalue weighted by molar-refractivity contribution is 7.80. The molecule has 0 radical (unpaired) electrons. The lowest BCUT2D eigenvalue weighted by Gasteiger charge is -2.10. The van der Waals surface area contributed by atoms with Gasteiger partial charge in [0.2, 0.25) is 17.7 Å². The smallest absolute Gasteiger partial charge is 0.250 e. The maximum absolute atomic E-state index is 11.9. The lowest BCUT2D eigenvalue weighted by atomic mass is 10.2. The van der Waals surface area contributed by atoms with Crippen molar-refractivity contribution in [2.75, 3.05) is 5.32 Å². The summed E-state index contributed by atoms with van der Waals surface area (Å²) >= 11 is 18.2. The van der Waals surface area contributed by atoms with Crippen LogP contribution < -0.4 is 21.5 Å². The number of nitrogens with one attached hydrogen (secondary N) is 4. The number of anilines is 1. The summed E-state index contributed by atoms with van der Waals surface area (Å²) in [5, 5.41) is 7.54. The number of thiocarbonyl (C=S) groups is 1. The number of hydrogen-bond donors (Lipinski definition) is 4. The zero-order chi connectivity index (χ0) is 21.2. The van der Waals surface area contributed by atoms with E-state index in [-0.39, 0.29) is 23.9 Å². The molecule has 7 nitrogen and oxygen atoms in total. The molecule has 1 heterocycles. The first-order valence-corrected chi connectivity index (χ1v) is 10.2. The quantitative estimate of drug-likeness (QED) is 0.294. The molecule has 0 bridgehead atoms. The Morgan fingerprint density at radius 1 is 1.07 bits per heavy atom. The number of thiophene rings is 1. The molecule has 4 N–H and O–H groups in total. The minimum absolute atomic E-state index is 0.0726. The van der Waals surface area contributed by atoms with Gasteiger partial charge in [0, 0.05) is 28.8 Å². The van der Waals surface area contributed by atoms with Crippen LogP contribution in [0.4, 0.5) is 5.69 Å². The summed E-state index contributed by atoms with van der Waals surface area (Å²) < 4.78 is 0. The van der Waals surface area contributed by atoms with Crippen LogP contribution >= 0.6 is 46.8 Å². The van der Waals surface area contributed by atoms with E-state index in [1.54, 1.807) is 18.2 Å². The summed E-state index contributed by atoms with van der Waals surface area (Å²) in [6.45, 7) is 0. The third kappa shape index (κ3) is 8.61. The first-order valence-electron chi connectivity index (χ1n) is 8.20. The summed E-state index contributed by atoms with van der Waals surface area (Å²) in [4.78, 5) is 36.4. The summed E-state index contributed by atoms with van der Waals surface area (Å²) in [6, 6.07) is 8.39. The monoisotopic (exact) mass is 470 g/mol. The molecule has 0 saturated carbocycles. The Labute approximate surface area is 186 Å². The van der Waals surface area contributed by atoms with Crippen molar-refractivity contribution in [3.63, 3.8) is 0 Å². The van der Waals surface area contributed by atoms with Crippen molar-refractivity contribution in [3.8, 4) is 0 Å². The van der Waals surface area contributed by atoms with Crippen LogP contribution in [0.1, 0.15) is 17.7 Å². The minimum atomic E-state index is -0.479. The van der Waals surface area contributed by atoms with Gasteiger partial charge < -0.3 is 5.32 Å². The number of hydrazine groups is 1. The highest BCUT2D eigenvalue weighted by atomic mass is 35.5. The Bertz CT molecular complexity index is 933. The van der Waals surface area contributed by atoms with Crippen LogP contribution in [0.15, 0.2) is 41.8 Å². The van der Waals surface area contributed by atoms with Crippen LogP contribution in [0.2, 0.25) is 10.0 Å². The molecular weight excluding hydrogens is 455 g/mol. The van der Waals surface area contributed by atoms with Gasteiger partial charge in [0.15, 0.2) is 5.11 Å². The van der Waals surface area contributed by atoms with E-state index in [1.807, 2.05) is 17.5 Å². The van der Waals surface area contributed by atoms with E-state index in [4.69, 9.17) is 35.4 Å². The van der Waals surface area contributed by atoms with E-state index < -0.39 is 11.8 Å². The van der Waals surface area contributed by atoms with Gasteiger partial charge in [-0.2, -0.15) is 0 Å². The molecule has 2 aromatic rings. The van der Waals surface area contributed by atoms with Gasteiger partial charge in [0.05, 0.1) is 10.7 Å². The van der Waals surface area contributed by atoms with E-state index in [0.717, 1.165) is 4.88 Å². The number of amides is 3. The predicted octanol–water partition coefficient (Wildman–Crippen LogP) is 3.51. The third-order valence-electron chi connectivity index (χ3n) is 3.28. The summed E-state index contributed by atoms with van der Waals surface area (Å²) in [5.74, 6) is -1.31. The molecule has 2 rings (SSSR count). The van der Waals surface area contributed by atoms with Crippen molar-refractivity contribution in [2.24, 2.45) is 0 Å². The van der Waals surface area contributed by atoms with Crippen molar-refractivity contribution in [1.29, 1.82) is 0 Å². The largest absolute Gasteiger partial charge is 0.325 e. The van der Waals surface area contributed by atoms with Gasteiger partial charge in [0.25, 0.3) is 0 Å². The number of benzene rings is 1. The molecule has 0 aliphatic carbocycles. The molecule has 0 fully saturated rings. The second kappa shape index (κ2) is 11.5. The molecule has 11 heteroatoms. The molecule has 0 aliphatic rings. The van der Waals surface area contributed by atoms with E-state index in [1.165, 1.54) is 23.5 Å². The predicted molar refractivity (Wildman–Crippen MR) is 120 cm³/mol. The Hall–Kier alpha value is -2.46. The Morgan fingerprint density at radius 2 is 1.83 bits per heavy atom. The van der Waals surface area contributed by atoms with Crippen molar-refractivity contribution in [1.82, 2.24) is 16.2 Å². The maximum Gasteiger partial charge on any atom is 0.250 e. The molecule has 3 amide bonds. The normalized spacial score (nSPS) is 10.4. The van der Waals surface area contributed by atoms with Gasteiger partial charge in [0.1, 0.15) is 0 Å². The van der Waals surface area contributed by atoms with Gasteiger partial charge in [-0.15, -0.1) is 11.3 Å². The molecule has 152 valence electrons. The molecular formula is C18H16Cl2N4O3S2. The number of carbonyl (C=O) groups is 3. The van der Waals surface area contributed by atoms with Gasteiger partial charge in [-0.05, 0) is 47.9 Å². The molecule has 0 spiro atoms. The van der Waals surface area contributed by atoms with Crippen LogP contribution in [0.25, 0.3) is 6.08 Å². The van der Waals surface area contributed by atoms with Crippen LogP contribution in [-0.4, -0.2) is 22.8 Å². The molecule has 0 atom stereocenters. The second-order valence-electron chi connectivity index (χ2n) is 5.51. The summed E-state index contributed by atoms with van der Waals surface area (Å²) in [5.41, 5.74) is 5.10. The van der Waals surface area contributed by atoms with Crippen molar-refractivity contribution in [2.45, 2.75) is 12.8 Å².